The zero-order valence-corrected chi connectivity index (χ0v) is 29.0. The monoisotopic (exact) mass is 847 g/mol. The SMILES string of the molecule is N=c1ccn([C@@H]2O[C@H](COP(=O)([O-])OP(=O)([O-])OC[C@H]3O[C@H]4Nc5nc(N)nc([O-])c5N[C@H]4C(S)=C3[S-])[C@@H](O)[C@H]2O)c([O-])n1.O.O.O.[Mo]. The summed E-state index contributed by atoms with van der Waals surface area (Å²) in [6.07, 6.45) is -7.84. The van der Waals surface area contributed by atoms with Crippen LogP contribution in [0.2, 0.25) is 0 Å². The summed E-state index contributed by atoms with van der Waals surface area (Å²) >= 11 is 9.61. The largest absolute Gasteiger partial charge is 0.857 e. The summed E-state index contributed by atoms with van der Waals surface area (Å²) in [5, 5.41) is 57.6. The maximum atomic E-state index is 12.3. The molecule has 0 saturated carbocycles. The molecule has 0 aromatic carbocycles. The van der Waals surface area contributed by atoms with Crippen molar-refractivity contribution in [2.75, 3.05) is 29.6 Å². The number of phosphoric acid groups is 2. The molecular weight excluding hydrogens is 818 g/mol. The maximum Gasteiger partial charge on any atom is 0.274 e. The first-order chi connectivity index (χ1) is 20.5. The van der Waals surface area contributed by atoms with Gasteiger partial charge in [-0.15, -0.1) is 12.6 Å². The molecule has 2 aromatic rings. The fourth-order valence-corrected chi connectivity index (χ4v) is 6.93. The van der Waals surface area contributed by atoms with Crippen LogP contribution in [0, 0.1) is 5.41 Å². The molecule has 0 spiro atoms. The van der Waals surface area contributed by atoms with E-state index >= 15 is 0 Å². The molecule has 9 atom stereocenters. The Morgan fingerprint density at radius 2 is 1.69 bits per heavy atom. The number of ether oxygens (including phenoxy) is 2. The van der Waals surface area contributed by atoms with Crippen molar-refractivity contribution < 1.29 is 99.7 Å². The number of aliphatic hydroxyl groups excluding tert-OH is 2. The van der Waals surface area contributed by atoms with Crippen LogP contribution < -0.4 is 41.9 Å². The second kappa shape index (κ2) is 16.8. The number of nitrogen functional groups attached to an aromatic ring is 1. The van der Waals surface area contributed by atoms with Crippen molar-refractivity contribution in [3.8, 4) is 11.9 Å². The van der Waals surface area contributed by atoms with E-state index in [1.165, 1.54) is 0 Å². The molecule has 0 aliphatic carbocycles. The molecule has 2 aromatic heterocycles. The van der Waals surface area contributed by atoms with Gasteiger partial charge in [0.05, 0.1) is 31.0 Å². The van der Waals surface area contributed by atoms with Crippen molar-refractivity contribution in [1.82, 2.24) is 19.5 Å². The number of nitrogens with one attached hydrogen (secondary N) is 3. The van der Waals surface area contributed by atoms with Crippen molar-refractivity contribution >= 4 is 58.4 Å². The Morgan fingerprint density at radius 3 is 2.31 bits per heavy atom. The van der Waals surface area contributed by atoms with Crippen molar-refractivity contribution in [2.24, 2.45) is 0 Å². The molecule has 13 N–H and O–H groups in total. The molecule has 24 nitrogen and oxygen atoms in total. The average Bonchev–Trinajstić information content (AvgIpc) is 3.20. The van der Waals surface area contributed by atoms with Crippen LogP contribution >= 0.6 is 28.3 Å². The number of hydrogen-bond acceptors (Lipinski definition) is 22. The fraction of sp³-hybridized carbons (Fsp3) is 0.474. The van der Waals surface area contributed by atoms with E-state index in [-0.39, 0.29) is 70.2 Å². The van der Waals surface area contributed by atoms with E-state index in [9.17, 15) is 39.3 Å². The topological polar surface area (TPSA) is 425 Å². The van der Waals surface area contributed by atoms with E-state index in [0.29, 0.717) is 0 Å². The summed E-state index contributed by atoms with van der Waals surface area (Å²) in [5.41, 5.74) is 5.11. The van der Waals surface area contributed by atoms with Crippen molar-refractivity contribution in [3.63, 3.8) is 0 Å². The van der Waals surface area contributed by atoms with Crippen LogP contribution in [0.1, 0.15) is 6.23 Å². The molecule has 0 amide bonds. The summed E-state index contributed by atoms with van der Waals surface area (Å²) < 4.78 is 49.6. The summed E-state index contributed by atoms with van der Waals surface area (Å²) in [7, 11) is -11.3. The maximum absolute atomic E-state index is 12.3. The number of rotatable bonds is 9. The Morgan fingerprint density at radius 1 is 1.06 bits per heavy atom. The molecule has 2 unspecified atom stereocenters. The van der Waals surface area contributed by atoms with Gasteiger partial charge in [-0.25, -0.2) is 14.3 Å². The molecule has 0 radical (unpaired) electrons. The van der Waals surface area contributed by atoms with E-state index in [4.69, 9.17) is 33.2 Å². The Labute approximate surface area is 294 Å². The molecule has 29 heteroatoms. The summed E-state index contributed by atoms with van der Waals surface area (Å²) in [6, 6.07) is -0.695. The minimum Gasteiger partial charge on any atom is -0.857 e. The first-order valence-electron chi connectivity index (χ1n) is 12.1. The number of fused-ring (bicyclic) bond motifs is 2. The number of hydrogen-bond donors (Lipinski definition) is 7. The van der Waals surface area contributed by atoms with Gasteiger partial charge in [0.2, 0.25) is 5.95 Å². The summed E-state index contributed by atoms with van der Waals surface area (Å²) in [5.74, 6) is -1.01. The number of anilines is 3. The first kappa shape index (κ1) is 44.0. The van der Waals surface area contributed by atoms with Gasteiger partial charge in [-0.2, -0.15) is 9.89 Å². The van der Waals surface area contributed by atoms with E-state index in [0.717, 1.165) is 16.8 Å². The van der Waals surface area contributed by atoms with Gasteiger partial charge in [0.1, 0.15) is 29.8 Å². The van der Waals surface area contributed by atoms with Crippen molar-refractivity contribution in [2.45, 2.75) is 42.9 Å². The van der Waals surface area contributed by atoms with Gasteiger partial charge in [0.15, 0.2) is 18.3 Å². The smallest absolute Gasteiger partial charge is 0.274 e. The quantitative estimate of drug-likeness (QED) is 0.0534. The van der Waals surface area contributed by atoms with Crippen LogP contribution in [-0.4, -0.2) is 96.1 Å². The average molecular weight is 845 g/mol. The summed E-state index contributed by atoms with van der Waals surface area (Å²) in [4.78, 5) is 35.5. The van der Waals surface area contributed by atoms with Gasteiger partial charge in [-0.05, 0) is 11.0 Å². The molecule has 3 aliphatic heterocycles. The van der Waals surface area contributed by atoms with Crippen LogP contribution in [0.5, 0.6) is 11.9 Å². The van der Waals surface area contributed by atoms with E-state index in [1.54, 1.807) is 0 Å². The number of thiol groups is 1. The third kappa shape index (κ3) is 9.38. The van der Waals surface area contributed by atoms with Crippen LogP contribution in [0.25, 0.3) is 0 Å². The Hall–Kier alpha value is -2.06. The van der Waals surface area contributed by atoms with Crippen LogP contribution in [0.3, 0.4) is 0 Å². The Bertz CT molecular complexity index is 1650. The zero-order valence-electron chi connectivity index (χ0n) is 23.5. The van der Waals surface area contributed by atoms with Crippen LogP contribution in [-0.2, 0) is 65.7 Å². The van der Waals surface area contributed by atoms with Gasteiger partial charge in [0, 0.05) is 33.1 Å². The second-order valence-electron chi connectivity index (χ2n) is 9.29. The van der Waals surface area contributed by atoms with Crippen LogP contribution in [0.15, 0.2) is 22.1 Å². The molecule has 1 saturated heterocycles. The minimum absolute atomic E-state index is 0. The van der Waals surface area contributed by atoms with Gasteiger partial charge < -0.3 is 98.7 Å². The fourth-order valence-electron chi connectivity index (χ4n) is 4.33. The molecule has 3 aliphatic rings. The van der Waals surface area contributed by atoms with Crippen LogP contribution in [0.4, 0.5) is 17.5 Å². The molecular formula is C19H27MoN8O16P2S2-5. The van der Waals surface area contributed by atoms with E-state index in [2.05, 4.69) is 51.6 Å². The van der Waals surface area contributed by atoms with E-state index in [1.807, 2.05) is 0 Å². The number of aromatic nitrogens is 4. The number of nitrogens with two attached hydrogens (primary N) is 1. The van der Waals surface area contributed by atoms with Gasteiger partial charge in [0.25, 0.3) is 15.6 Å². The molecule has 1 fully saturated rings. The number of phosphoric ester groups is 2. The third-order valence-electron chi connectivity index (χ3n) is 6.35. The Kier molecular flexibility index (Phi) is 15.4. The number of nitrogens with zero attached hydrogens (tertiary/aromatic N) is 4. The molecule has 48 heavy (non-hydrogen) atoms. The predicted octanol–water partition coefficient (Wildman–Crippen LogP) is -6.67. The zero-order chi connectivity index (χ0) is 32.1. The standard InChI is InChI=1S/C19H26N8O13P2S2.Mo.3H2O/c20-7-1-2-27(19(31)22-7)17-11(29)10(28)5(39-17)3-36-41(32,33)40-42(34,35)37-4-6-12(43)13(44)8-16(38-6)24-14-9(23-8)15(30)26-18(21)25-14;;;;/h1-2,5-6,8,10-11,16-17,23,28-29,43-44H,3-4H2,(H,32,33)(H,34,35)(H2,20,22,31)(H4,21,24,25,26,30);;3*1H2/p-5/t5-,6-,8+,10-,11-,16-,17-;;;;/m1..../s1. The van der Waals surface area contributed by atoms with Gasteiger partial charge in [-0.3, -0.25) is 14.5 Å². The van der Waals surface area contributed by atoms with Gasteiger partial charge in [-0.1, -0.05) is 0 Å². The van der Waals surface area contributed by atoms with Crippen molar-refractivity contribution in [3.05, 3.63) is 27.6 Å². The van der Waals surface area contributed by atoms with Gasteiger partial charge >= 0.3 is 0 Å². The number of aliphatic hydroxyl groups is 2. The second-order valence-corrected chi connectivity index (χ2v) is 13.2. The van der Waals surface area contributed by atoms with E-state index < -0.39 is 83.7 Å². The minimum atomic E-state index is -5.69. The molecule has 5 rings (SSSR count). The first-order valence-corrected chi connectivity index (χ1v) is 15.9. The summed E-state index contributed by atoms with van der Waals surface area (Å²) in [6.45, 7) is -1.90. The predicted molar refractivity (Wildman–Crippen MR) is 151 cm³/mol. The third-order valence-corrected chi connectivity index (χ3v) is 10.0. The molecule has 0 bridgehead atoms. The molecule has 5 heterocycles. The normalized spacial score (nSPS) is 28.2. The Balaban J connectivity index is 0.00000288. The molecule has 272 valence electrons. The van der Waals surface area contributed by atoms with Crippen molar-refractivity contribution in [1.29, 1.82) is 5.41 Å².